The van der Waals surface area contributed by atoms with Gasteiger partial charge < -0.3 is 15.0 Å². The first-order chi connectivity index (χ1) is 16.7. The van der Waals surface area contributed by atoms with E-state index in [9.17, 15) is 35.6 Å². The van der Waals surface area contributed by atoms with Crippen LogP contribution in [0.1, 0.15) is 44.0 Å². The standard InChI is InChI=1S/C23H25F4N3O5S/c1-23(2,3)35-22(32)30-8-6-14(7-9-30)29-36(33,34)19-10-13(4-5-16(19)24)21(31)28-15-11-17(25)20(27)18(26)12-15/h4-5,10-12,14,29H,6-9H2,1-3H3,(H,28,31). The molecule has 0 spiro atoms. The van der Waals surface area contributed by atoms with Crippen molar-refractivity contribution in [2.75, 3.05) is 18.4 Å². The van der Waals surface area contributed by atoms with Gasteiger partial charge in [0, 0.05) is 42.5 Å². The molecule has 2 N–H and O–H groups in total. The van der Waals surface area contributed by atoms with Crippen molar-refractivity contribution in [3.05, 3.63) is 59.2 Å². The second-order valence-corrected chi connectivity index (χ2v) is 10.9. The number of hydrogen-bond acceptors (Lipinski definition) is 5. The van der Waals surface area contributed by atoms with Gasteiger partial charge >= 0.3 is 6.09 Å². The highest BCUT2D eigenvalue weighted by atomic mass is 32.2. The molecule has 1 aliphatic heterocycles. The molecule has 0 radical (unpaired) electrons. The van der Waals surface area contributed by atoms with Gasteiger partial charge in [0.15, 0.2) is 17.5 Å². The summed E-state index contributed by atoms with van der Waals surface area (Å²) in [6, 6.07) is 3.01. The second-order valence-electron chi connectivity index (χ2n) is 9.22. The van der Waals surface area contributed by atoms with Gasteiger partial charge in [0.05, 0.1) is 0 Å². The number of benzene rings is 2. The van der Waals surface area contributed by atoms with Gasteiger partial charge in [0.2, 0.25) is 10.0 Å². The minimum atomic E-state index is -4.41. The van der Waals surface area contributed by atoms with Crippen LogP contribution in [0.5, 0.6) is 0 Å². The molecule has 0 aromatic heterocycles. The molecule has 0 unspecified atom stereocenters. The Morgan fingerprint density at radius 3 is 2.11 bits per heavy atom. The Bertz CT molecular complexity index is 1250. The van der Waals surface area contributed by atoms with Crippen LogP contribution in [-0.4, -0.2) is 50.1 Å². The summed E-state index contributed by atoms with van der Waals surface area (Å²) in [4.78, 5) is 25.3. The van der Waals surface area contributed by atoms with Crippen molar-refractivity contribution in [1.82, 2.24) is 9.62 Å². The number of anilines is 1. The van der Waals surface area contributed by atoms with Crippen LogP contribution in [0.15, 0.2) is 35.2 Å². The normalized spacial score (nSPS) is 15.0. The third-order valence-electron chi connectivity index (χ3n) is 5.19. The molecule has 2 aromatic carbocycles. The first-order valence-corrected chi connectivity index (χ1v) is 12.4. The third-order valence-corrected chi connectivity index (χ3v) is 6.73. The van der Waals surface area contributed by atoms with Crippen LogP contribution >= 0.6 is 0 Å². The highest BCUT2D eigenvalue weighted by Crippen LogP contribution is 2.22. The maximum atomic E-state index is 14.4. The molecule has 0 saturated carbocycles. The van der Waals surface area contributed by atoms with E-state index >= 15 is 0 Å². The van der Waals surface area contributed by atoms with Crippen molar-refractivity contribution in [3.8, 4) is 0 Å². The molecule has 8 nitrogen and oxygen atoms in total. The summed E-state index contributed by atoms with van der Waals surface area (Å²) < 4.78 is 87.7. The van der Waals surface area contributed by atoms with Gasteiger partial charge in [-0.25, -0.2) is 35.5 Å². The Balaban J connectivity index is 1.69. The van der Waals surface area contributed by atoms with Crippen molar-refractivity contribution in [3.63, 3.8) is 0 Å². The Labute approximate surface area is 205 Å². The molecule has 1 heterocycles. The van der Waals surface area contributed by atoms with Crippen LogP contribution in [-0.2, 0) is 14.8 Å². The fraction of sp³-hybridized carbons (Fsp3) is 0.391. The highest BCUT2D eigenvalue weighted by molar-refractivity contribution is 7.89. The molecule has 2 amide bonds. The molecule has 2 aromatic rings. The average Bonchev–Trinajstić information content (AvgIpc) is 2.76. The highest BCUT2D eigenvalue weighted by Gasteiger charge is 2.30. The fourth-order valence-corrected chi connectivity index (χ4v) is 4.88. The average molecular weight is 532 g/mol. The summed E-state index contributed by atoms with van der Waals surface area (Å²) in [7, 11) is -4.41. The molecule has 1 saturated heterocycles. The Hall–Kier alpha value is -3.19. The van der Waals surface area contributed by atoms with Crippen LogP contribution in [0, 0.1) is 23.3 Å². The van der Waals surface area contributed by atoms with Crippen LogP contribution in [0.4, 0.5) is 28.0 Å². The minimum Gasteiger partial charge on any atom is -0.444 e. The number of halogens is 4. The summed E-state index contributed by atoms with van der Waals surface area (Å²) >= 11 is 0. The predicted molar refractivity (Wildman–Crippen MR) is 122 cm³/mol. The molecule has 1 aliphatic rings. The third kappa shape index (κ3) is 6.72. The summed E-state index contributed by atoms with van der Waals surface area (Å²) in [6.45, 7) is 5.62. The lowest BCUT2D eigenvalue weighted by atomic mass is 10.1. The van der Waals surface area contributed by atoms with E-state index in [0.29, 0.717) is 12.1 Å². The molecule has 0 bridgehead atoms. The molecule has 0 aliphatic carbocycles. The van der Waals surface area contributed by atoms with Gasteiger partial charge in [-0.1, -0.05) is 0 Å². The Morgan fingerprint density at radius 2 is 1.56 bits per heavy atom. The van der Waals surface area contributed by atoms with E-state index in [0.717, 1.165) is 18.2 Å². The van der Waals surface area contributed by atoms with E-state index in [1.54, 1.807) is 20.8 Å². The van der Waals surface area contributed by atoms with Crippen molar-refractivity contribution in [2.45, 2.75) is 50.2 Å². The van der Waals surface area contributed by atoms with Crippen molar-refractivity contribution >= 4 is 27.7 Å². The van der Waals surface area contributed by atoms with Gasteiger partial charge in [-0.3, -0.25) is 4.79 Å². The van der Waals surface area contributed by atoms with Crippen LogP contribution in [0.25, 0.3) is 0 Å². The summed E-state index contributed by atoms with van der Waals surface area (Å²) in [5.41, 5.74) is -1.41. The number of likely N-dealkylation sites (tertiary alicyclic amines) is 1. The maximum absolute atomic E-state index is 14.4. The smallest absolute Gasteiger partial charge is 0.410 e. The SMILES string of the molecule is CC(C)(C)OC(=O)N1CCC(NS(=O)(=O)c2cc(C(=O)Nc3cc(F)c(F)c(F)c3)ccc2F)CC1. The minimum absolute atomic E-state index is 0.220. The van der Waals surface area contributed by atoms with Crippen molar-refractivity contribution in [1.29, 1.82) is 0 Å². The lowest BCUT2D eigenvalue weighted by Gasteiger charge is -2.33. The van der Waals surface area contributed by atoms with Crippen LogP contribution in [0.3, 0.4) is 0 Å². The molecule has 196 valence electrons. The van der Waals surface area contributed by atoms with Gasteiger partial charge in [0.1, 0.15) is 16.3 Å². The number of amides is 2. The number of carbonyl (C=O) groups excluding carboxylic acids is 2. The molecular formula is C23H25F4N3O5S. The van der Waals surface area contributed by atoms with Gasteiger partial charge in [-0.15, -0.1) is 0 Å². The van der Waals surface area contributed by atoms with Crippen LogP contribution < -0.4 is 10.0 Å². The number of hydrogen-bond donors (Lipinski definition) is 2. The van der Waals surface area contributed by atoms with E-state index in [-0.39, 0.29) is 31.5 Å². The van der Waals surface area contributed by atoms with E-state index in [1.807, 2.05) is 0 Å². The fourth-order valence-electron chi connectivity index (χ4n) is 3.47. The van der Waals surface area contributed by atoms with E-state index < -0.39 is 67.5 Å². The Morgan fingerprint density at radius 1 is 0.972 bits per heavy atom. The first kappa shape index (κ1) is 27.4. The molecule has 13 heteroatoms. The van der Waals surface area contributed by atoms with Gasteiger partial charge in [0.25, 0.3) is 5.91 Å². The summed E-state index contributed by atoms with van der Waals surface area (Å²) in [5, 5.41) is 2.11. The number of sulfonamides is 1. The Kier molecular flexibility index (Phi) is 7.94. The lowest BCUT2D eigenvalue weighted by molar-refractivity contribution is 0.0203. The zero-order valence-electron chi connectivity index (χ0n) is 19.7. The number of ether oxygens (including phenoxy) is 1. The monoisotopic (exact) mass is 531 g/mol. The van der Waals surface area contributed by atoms with Crippen LogP contribution in [0.2, 0.25) is 0 Å². The maximum Gasteiger partial charge on any atom is 0.410 e. The molecule has 3 rings (SSSR count). The number of rotatable bonds is 5. The first-order valence-electron chi connectivity index (χ1n) is 10.9. The number of carbonyl (C=O) groups is 2. The van der Waals surface area contributed by atoms with Crippen molar-refractivity contribution < 1.29 is 40.3 Å². The van der Waals surface area contributed by atoms with E-state index in [4.69, 9.17) is 4.74 Å². The second kappa shape index (κ2) is 10.4. The largest absolute Gasteiger partial charge is 0.444 e. The number of nitrogens with zero attached hydrogens (tertiary/aromatic N) is 1. The molecule has 36 heavy (non-hydrogen) atoms. The number of nitrogens with one attached hydrogen (secondary N) is 2. The molecule has 0 atom stereocenters. The van der Waals surface area contributed by atoms with E-state index in [1.165, 1.54) is 4.90 Å². The molecule has 1 fully saturated rings. The van der Waals surface area contributed by atoms with Gasteiger partial charge in [-0.2, -0.15) is 0 Å². The zero-order valence-corrected chi connectivity index (χ0v) is 20.5. The number of piperidine rings is 1. The van der Waals surface area contributed by atoms with Crippen molar-refractivity contribution in [2.24, 2.45) is 0 Å². The molecular weight excluding hydrogens is 506 g/mol. The van der Waals surface area contributed by atoms with Gasteiger partial charge in [-0.05, 0) is 51.8 Å². The lowest BCUT2D eigenvalue weighted by Crippen LogP contribution is -2.47. The predicted octanol–water partition coefficient (Wildman–Crippen LogP) is 4.17. The summed E-state index contributed by atoms with van der Waals surface area (Å²) in [5.74, 6) is -6.90. The quantitative estimate of drug-likeness (QED) is 0.445. The van der Waals surface area contributed by atoms with E-state index in [2.05, 4.69) is 10.0 Å². The topological polar surface area (TPSA) is 105 Å². The zero-order chi connectivity index (χ0) is 26.8. The summed E-state index contributed by atoms with van der Waals surface area (Å²) in [6.07, 6.45) is -0.0151.